The highest BCUT2D eigenvalue weighted by Crippen LogP contribution is 2.15. The van der Waals surface area contributed by atoms with Crippen molar-refractivity contribution in [2.24, 2.45) is 0 Å². The number of anilines is 1. The summed E-state index contributed by atoms with van der Waals surface area (Å²) in [5, 5.41) is 5.75. The van der Waals surface area contributed by atoms with Gasteiger partial charge in [-0.1, -0.05) is 17.7 Å². The zero-order chi connectivity index (χ0) is 16.9. The third-order valence-corrected chi connectivity index (χ3v) is 3.00. The largest absolute Gasteiger partial charge is 0.350 e. The standard InChI is InChI=1S/C17H27N3O2/c1-12-7-8-14(13(2)9-12)18-15(21)10-20(6)11-16(22)19-17(3,4)5/h7-9H,10-11H2,1-6H3,(H,18,21)(H,19,22). The zero-order valence-corrected chi connectivity index (χ0v) is 14.4. The third-order valence-electron chi connectivity index (χ3n) is 3.00. The van der Waals surface area contributed by atoms with Crippen molar-refractivity contribution in [3.63, 3.8) is 0 Å². The summed E-state index contributed by atoms with van der Waals surface area (Å²) < 4.78 is 0. The van der Waals surface area contributed by atoms with E-state index in [-0.39, 0.29) is 30.4 Å². The predicted octanol–water partition coefficient (Wildman–Crippen LogP) is 2.09. The molecule has 2 N–H and O–H groups in total. The predicted molar refractivity (Wildman–Crippen MR) is 89.9 cm³/mol. The maximum atomic E-state index is 12.0. The minimum atomic E-state index is -0.265. The van der Waals surface area contributed by atoms with Crippen molar-refractivity contribution in [1.82, 2.24) is 10.2 Å². The second kappa shape index (κ2) is 7.40. The molecule has 0 bridgehead atoms. The number of nitrogens with one attached hydrogen (secondary N) is 2. The first-order chi connectivity index (χ1) is 10.1. The van der Waals surface area contributed by atoms with E-state index in [4.69, 9.17) is 0 Å². The maximum Gasteiger partial charge on any atom is 0.238 e. The lowest BCUT2D eigenvalue weighted by atomic mass is 10.1. The molecule has 5 nitrogen and oxygen atoms in total. The Kier molecular flexibility index (Phi) is 6.11. The molecule has 122 valence electrons. The van der Waals surface area contributed by atoms with Crippen molar-refractivity contribution >= 4 is 17.5 Å². The highest BCUT2D eigenvalue weighted by atomic mass is 16.2. The maximum absolute atomic E-state index is 12.0. The van der Waals surface area contributed by atoms with Gasteiger partial charge in [0.2, 0.25) is 11.8 Å². The van der Waals surface area contributed by atoms with Gasteiger partial charge in [-0.2, -0.15) is 0 Å². The number of carbonyl (C=O) groups excluding carboxylic acids is 2. The lowest BCUT2D eigenvalue weighted by molar-refractivity contribution is -0.124. The Morgan fingerprint density at radius 1 is 1.09 bits per heavy atom. The number of aryl methyl sites for hydroxylation is 2. The highest BCUT2D eigenvalue weighted by molar-refractivity contribution is 5.93. The molecule has 0 aromatic heterocycles. The van der Waals surface area contributed by atoms with Crippen LogP contribution in [0.2, 0.25) is 0 Å². The van der Waals surface area contributed by atoms with Crippen LogP contribution in [-0.2, 0) is 9.59 Å². The fourth-order valence-corrected chi connectivity index (χ4v) is 2.15. The summed E-state index contributed by atoms with van der Waals surface area (Å²) >= 11 is 0. The third kappa shape index (κ3) is 6.72. The Hall–Kier alpha value is -1.88. The van der Waals surface area contributed by atoms with Gasteiger partial charge < -0.3 is 10.6 Å². The van der Waals surface area contributed by atoms with Crippen LogP contribution in [0.3, 0.4) is 0 Å². The van der Waals surface area contributed by atoms with Crippen LogP contribution in [0.15, 0.2) is 18.2 Å². The van der Waals surface area contributed by atoms with Gasteiger partial charge in [0.25, 0.3) is 0 Å². The minimum absolute atomic E-state index is 0.0886. The second-order valence-electron chi connectivity index (χ2n) is 6.84. The summed E-state index contributed by atoms with van der Waals surface area (Å²) in [5.41, 5.74) is 2.73. The Balaban J connectivity index is 2.49. The molecular formula is C17H27N3O2. The fourth-order valence-electron chi connectivity index (χ4n) is 2.15. The number of hydrogen-bond donors (Lipinski definition) is 2. The van der Waals surface area contributed by atoms with E-state index in [2.05, 4.69) is 10.6 Å². The number of nitrogens with zero attached hydrogens (tertiary/aromatic N) is 1. The molecule has 2 amide bonds. The first-order valence-electron chi connectivity index (χ1n) is 7.43. The highest BCUT2D eigenvalue weighted by Gasteiger charge is 2.16. The smallest absolute Gasteiger partial charge is 0.238 e. The van der Waals surface area contributed by atoms with Gasteiger partial charge in [0.1, 0.15) is 0 Å². The molecule has 1 aromatic carbocycles. The van der Waals surface area contributed by atoms with Crippen LogP contribution in [0.4, 0.5) is 5.69 Å². The van der Waals surface area contributed by atoms with E-state index >= 15 is 0 Å². The molecule has 22 heavy (non-hydrogen) atoms. The Morgan fingerprint density at radius 3 is 2.23 bits per heavy atom. The molecule has 5 heteroatoms. The lowest BCUT2D eigenvalue weighted by Crippen LogP contribution is -2.46. The fraction of sp³-hybridized carbons (Fsp3) is 0.529. The van der Waals surface area contributed by atoms with E-state index < -0.39 is 0 Å². The molecule has 1 rings (SSSR count). The van der Waals surface area contributed by atoms with Crippen molar-refractivity contribution in [3.05, 3.63) is 29.3 Å². The monoisotopic (exact) mass is 305 g/mol. The Morgan fingerprint density at radius 2 is 1.68 bits per heavy atom. The van der Waals surface area contributed by atoms with Gasteiger partial charge in [-0.15, -0.1) is 0 Å². The average Bonchev–Trinajstić information content (AvgIpc) is 2.29. The van der Waals surface area contributed by atoms with Crippen LogP contribution in [0, 0.1) is 13.8 Å². The molecule has 0 heterocycles. The van der Waals surface area contributed by atoms with E-state index in [1.54, 1.807) is 11.9 Å². The quantitative estimate of drug-likeness (QED) is 0.875. The van der Waals surface area contributed by atoms with Crippen molar-refractivity contribution in [2.45, 2.75) is 40.2 Å². The summed E-state index contributed by atoms with van der Waals surface area (Å²) in [6.45, 7) is 10.1. The van der Waals surface area contributed by atoms with Gasteiger partial charge >= 0.3 is 0 Å². The van der Waals surface area contributed by atoms with Gasteiger partial charge in [-0.25, -0.2) is 0 Å². The average molecular weight is 305 g/mol. The summed E-state index contributed by atoms with van der Waals surface area (Å²) in [4.78, 5) is 25.6. The number of benzene rings is 1. The van der Waals surface area contributed by atoms with Gasteiger partial charge in [-0.3, -0.25) is 14.5 Å². The molecular weight excluding hydrogens is 278 g/mol. The van der Waals surface area contributed by atoms with E-state index in [1.807, 2.05) is 52.8 Å². The number of amides is 2. The molecule has 0 radical (unpaired) electrons. The Labute approximate surface area is 133 Å². The summed E-state index contributed by atoms with van der Waals surface area (Å²) in [5.74, 6) is -0.215. The lowest BCUT2D eigenvalue weighted by Gasteiger charge is -2.23. The van der Waals surface area contributed by atoms with Gasteiger partial charge in [0, 0.05) is 11.2 Å². The molecule has 0 aliphatic rings. The van der Waals surface area contributed by atoms with Crippen molar-refractivity contribution in [3.8, 4) is 0 Å². The van der Waals surface area contributed by atoms with Crippen molar-refractivity contribution in [1.29, 1.82) is 0 Å². The molecule has 0 aliphatic heterocycles. The number of rotatable bonds is 5. The van der Waals surface area contributed by atoms with Gasteiger partial charge in [0.15, 0.2) is 0 Å². The van der Waals surface area contributed by atoms with Gasteiger partial charge in [0.05, 0.1) is 13.1 Å². The normalized spacial score (nSPS) is 11.4. The van der Waals surface area contributed by atoms with Crippen LogP contribution >= 0.6 is 0 Å². The number of carbonyl (C=O) groups is 2. The summed E-state index contributed by atoms with van der Waals surface area (Å²) in [6, 6.07) is 5.88. The van der Waals surface area contributed by atoms with Crippen molar-refractivity contribution < 1.29 is 9.59 Å². The molecule has 0 unspecified atom stereocenters. The molecule has 0 saturated carbocycles. The van der Waals surface area contributed by atoms with Gasteiger partial charge in [-0.05, 0) is 53.3 Å². The first-order valence-corrected chi connectivity index (χ1v) is 7.43. The van der Waals surface area contributed by atoms with E-state index in [9.17, 15) is 9.59 Å². The molecule has 0 fully saturated rings. The zero-order valence-electron chi connectivity index (χ0n) is 14.4. The Bertz CT molecular complexity index is 547. The molecule has 0 aliphatic carbocycles. The molecule has 0 saturated heterocycles. The SMILES string of the molecule is Cc1ccc(NC(=O)CN(C)CC(=O)NC(C)(C)C)c(C)c1. The summed E-state index contributed by atoms with van der Waals surface area (Å²) in [6.07, 6.45) is 0. The number of hydrogen-bond acceptors (Lipinski definition) is 3. The van der Waals surface area contributed by atoms with Crippen LogP contribution in [0.5, 0.6) is 0 Å². The topological polar surface area (TPSA) is 61.4 Å². The molecule has 0 atom stereocenters. The van der Waals surface area contributed by atoms with Crippen LogP contribution in [0.25, 0.3) is 0 Å². The first kappa shape index (κ1) is 18.2. The van der Waals surface area contributed by atoms with E-state index in [0.29, 0.717) is 0 Å². The second-order valence-corrected chi connectivity index (χ2v) is 6.84. The van der Waals surface area contributed by atoms with E-state index in [0.717, 1.165) is 16.8 Å². The van der Waals surface area contributed by atoms with Crippen LogP contribution in [-0.4, -0.2) is 42.4 Å². The molecule has 1 aromatic rings. The minimum Gasteiger partial charge on any atom is -0.350 e. The summed E-state index contributed by atoms with van der Waals surface area (Å²) in [7, 11) is 1.75. The van der Waals surface area contributed by atoms with Crippen LogP contribution < -0.4 is 10.6 Å². The molecule has 0 spiro atoms. The number of likely N-dealkylation sites (N-methyl/N-ethyl adjacent to an activating group) is 1. The van der Waals surface area contributed by atoms with Crippen LogP contribution in [0.1, 0.15) is 31.9 Å². The van der Waals surface area contributed by atoms with E-state index in [1.165, 1.54) is 0 Å². The van der Waals surface area contributed by atoms with Crippen molar-refractivity contribution in [2.75, 3.05) is 25.5 Å².